The van der Waals surface area contributed by atoms with Gasteiger partial charge in [-0.25, -0.2) is 18.4 Å². The van der Waals surface area contributed by atoms with Gasteiger partial charge in [0.05, 0.1) is 23.9 Å². The van der Waals surface area contributed by atoms with E-state index in [1.54, 1.807) is 0 Å². The summed E-state index contributed by atoms with van der Waals surface area (Å²) >= 11 is 0. The molecule has 0 saturated carbocycles. The average Bonchev–Trinajstić information content (AvgIpc) is 3.85. The number of rotatable bonds is 10. The first-order valence-electron chi connectivity index (χ1n) is 17.0. The number of halogens is 4. The largest absolute Gasteiger partial charge is 0.377 e. The van der Waals surface area contributed by atoms with E-state index in [1.807, 2.05) is 48.8 Å². The van der Waals surface area contributed by atoms with Crippen molar-refractivity contribution in [2.45, 2.75) is 24.6 Å². The number of alkyl halides is 2. The zero-order chi connectivity index (χ0) is 36.6. The second-order valence-electron chi connectivity index (χ2n) is 13.1. The molecule has 8 rings (SSSR count). The third-order valence-electron chi connectivity index (χ3n) is 9.77. The van der Waals surface area contributed by atoms with E-state index < -0.39 is 41.0 Å². The minimum atomic E-state index is -4.14. The number of benzene rings is 4. The van der Waals surface area contributed by atoms with Crippen molar-refractivity contribution in [2.24, 2.45) is 0 Å². The van der Waals surface area contributed by atoms with Gasteiger partial charge in [-0.3, -0.25) is 4.98 Å². The van der Waals surface area contributed by atoms with Crippen molar-refractivity contribution in [1.29, 1.82) is 0 Å². The number of hydrogen-bond acceptors (Lipinski definition) is 8. The van der Waals surface area contributed by atoms with Crippen LogP contribution >= 0.6 is 0 Å². The van der Waals surface area contributed by atoms with Crippen LogP contribution in [-0.2, 0) is 24.6 Å². The maximum absolute atomic E-state index is 16.2. The second-order valence-corrected chi connectivity index (χ2v) is 13.1. The lowest BCUT2D eigenvalue weighted by atomic mass is 9.84. The van der Waals surface area contributed by atoms with Crippen LogP contribution < -0.4 is 9.80 Å². The van der Waals surface area contributed by atoms with Gasteiger partial charge in [0.2, 0.25) is 0 Å². The van der Waals surface area contributed by atoms with Crippen LogP contribution in [0.2, 0.25) is 0 Å². The molecule has 4 heterocycles. The molecule has 14 heteroatoms. The second kappa shape index (κ2) is 13.8. The predicted molar refractivity (Wildman–Crippen MR) is 191 cm³/mol. The van der Waals surface area contributed by atoms with Gasteiger partial charge in [-0.15, -0.1) is 5.10 Å². The molecule has 4 aromatic carbocycles. The first-order chi connectivity index (χ1) is 25.7. The molecule has 7 aromatic rings. The van der Waals surface area contributed by atoms with E-state index in [1.165, 1.54) is 17.8 Å². The van der Waals surface area contributed by atoms with Crippen molar-refractivity contribution in [3.8, 4) is 11.1 Å². The lowest BCUT2D eigenvalue weighted by Gasteiger charge is -2.37. The summed E-state index contributed by atoms with van der Waals surface area (Å²) in [6, 6.07) is 29.1. The summed E-state index contributed by atoms with van der Waals surface area (Å²) < 4.78 is 63.9. The Hall–Kier alpha value is -6.15. The molecule has 0 radical (unpaired) electrons. The Labute approximate surface area is 301 Å². The van der Waals surface area contributed by atoms with E-state index in [4.69, 9.17) is 0 Å². The van der Waals surface area contributed by atoms with E-state index in [0.29, 0.717) is 11.6 Å². The number of tetrazole rings is 1. The Kier molecular flexibility index (Phi) is 8.82. The maximum Gasteiger partial charge on any atom is 0.323 e. The molecule has 0 bridgehead atoms. The van der Waals surface area contributed by atoms with Gasteiger partial charge in [0.25, 0.3) is 0 Å². The monoisotopic (exact) mass is 719 g/mol. The van der Waals surface area contributed by atoms with Crippen LogP contribution in [-0.4, -0.2) is 66.0 Å². The number of aromatic nitrogens is 7. The maximum atomic E-state index is 16.2. The predicted octanol–water partition coefficient (Wildman–Crippen LogP) is 6.42. The lowest BCUT2D eigenvalue weighted by Crippen LogP contribution is -2.48. The molecule has 1 aliphatic heterocycles. The highest BCUT2D eigenvalue weighted by molar-refractivity contribution is 5.80. The molecule has 3 aromatic heterocycles. The van der Waals surface area contributed by atoms with Crippen LogP contribution in [0.4, 0.5) is 28.9 Å². The summed E-state index contributed by atoms with van der Waals surface area (Å²) in [5.74, 6) is -6.47. The van der Waals surface area contributed by atoms with Crippen molar-refractivity contribution >= 4 is 22.4 Å². The Balaban J connectivity index is 0.949. The van der Waals surface area contributed by atoms with E-state index in [2.05, 4.69) is 70.2 Å². The lowest BCUT2D eigenvalue weighted by molar-refractivity contribution is -0.207. The average molecular weight is 720 g/mol. The first kappa shape index (κ1) is 34.0. The molecule has 10 nitrogen and oxygen atoms in total. The van der Waals surface area contributed by atoms with Crippen molar-refractivity contribution in [3.63, 3.8) is 0 Å². The number of pyridine rings is 1. The molecule has 0 unspecified atom stereocenters. The van der Waals surface area contributed by atoms with Gasteiger partial charge in [-0.05, 0) is 70.1 Å². The topological polar surface area (TPSA) is 101 Å². The smallest absolute Gasteiger partial charge is 0.323 e. The van der Waals surface area contributed by atoms with E-state index in [-0.39, 0.29) is 0 Å². The number of aliphatic hydroxyl groups is 1. The van der Waals surface area contributed by atoms with Crippen LogP contribution in [0.25, 0.3) is 22.2 Å². The SMILES string of the molecule is O[C@@](Cn1cnnn1)(c1ccc(F)cc1F)C(F)(F)c1ccc(-c2ccc(N3CCN(c4ccc5ncn(Cc6ccccc6)c5c4)CC3)cc2)cn1. The molecule has 0 aliphatic carbocycles. The van der Waals surface area contributed by atoms with Gasteiger partial charge >= 0.3 is 5.92 Å². The number of piperazine rings is 1. The zero-order valence-corrected chi connectivity index (χ0v) is 28.3. The molecule has 0 spiro atoms. The standard InChI is InChI=1S/C39H33F4N9O/c40-30-9-13-33(34(41)20-30)38(53,24-52-26-46-47-48-52)39(42,43)37-15-8-29(22-44-37)28-6-10-31(11-7-28)49-16-18-50(19-17-49)32-12-14-35-36(21-32)51(25-45-35)23-27-4-2-1-3-5-27/h1-15,20-22,25-26,53H,16-19,23-24H2/t38-/m0/s1. The van der Waals surface area contributed by atoms with Crippen LogP contribution in [0.15, 0.2) is 122 Å². The van der Waals surface area contributed by atoms with E-state index in [9.17, 15) is 13.9 Å². The van der Waals surface area contributed by atoms with Crippen LogP contribution in [0.5, 0.6) is 0 Å². The van der Waals surface area contributed by atoms with Crippen molar-refractivity contribution in [2.75, 3.05) is 36.0 Å². The Morgan fingerprint density at radius 3 is 2.11 bits per heavy atom. The number of fused-ring (bicyclic) bond motifs is 1. The van der Waals surface area contributed by atoms with Gasteiger partial charge in [0.1, 0.15) is 23.7 Å². The summed E-state index contributed by atoms with van der Waals surface area (Å²) in [7, 11) is 0. The van der Waals surface area contributed by atoms with Crippen molar-refractivity contribution in [3.05, 3.63) is 150 Å². The highest BCUT2D eigenvalue weighted by Gasteiger charge is 2.58. The highest BCUT2D eigenvalue weighted by Crippen LogP contribution is 2.47. The molecule has 0 amide bonds. The first-order valence-corrected chi connectivity index (χ1v) is 17.0. The fraction of sp³-hybridized carbons (Fsp3) is 0.205. The van der Waals surface area contributed by atoms with Crippen molar-refractivity contribution < 1.29 is 22.7 Å². The normalized spacial score (nSPS) is 14.8. The minimum absolute atomic E-state index is 0.431. The summed E-state index contributed by atoms with van der Waals surface area (Å²) in [5.41, 5.74) is 1.94. The van der Waals surface area contributed by atoms with Gasteiger partial charge in [-0.1, -0.05) is 48.5 Å². The molecule has 268 valence electrons. The highest BCUT2D eigenvalue weighted by atomic mass is 19.3. The molecule has 1 aliphatic rings. The zero-order valence-electron chi connectivity index (χ0n) is 28.3. The number of hydrogen-bond donors (Lipinski definition) is 1. The van der Waals surface area contributed by atoms with Crippen LogP contribution in [0.3, 0.4) is 0 Å². The number of anilines is 2. The fourth-order valence-corrected chi connectivity index (χ4v) is 6.86. The minimum Gasteiger partial charge on any atom is -0.377 e. The Bertz CT molecular complexity index is 2330. The molecule has 1 N–H and O–H groups in total. The van der Waals surface area contributed by atoms with Crippen LogP contribution in [0, 0.1) is 11.6 Å². The van der Waals surface area contributed by atoms with Gasteiger partial charge < -0.3 is 19.5 Å². The van der Waals surface area contributed by atoms with E-state index >= 15 is 8.78 Å². The molecular weight excluding hydrogens is 686 g/mol. The summed E-state index contributed by atoms with van der Waals surface area (Å²) in [5, 5.41) is 21.8. The quantitative estimate of drug-likeness (QED) is 0.162. The summed E-state index contributed by atoms with van der Waals surface area (Å²) in [6.07, 6.45) is 4.17. The molecule has 1 fully saturated rings. The molecule has 53 heavy (non-hydrogen) atoms. The van der Waals surface area contributed by atoms with E-state index in [0.717, 1.165) is 89.9 Å². The van der Waals surface area contributed by atoms with Crippen LogP contribution in [0.1, 0.15) is 16.8 Å². The fourth-order valence-electron chi connectivity index (χ4n) is 6.86. The molecule has 1 saturated heterocycles. The Morgan fingerprint density at radius 2 is 1.43 bits per heavy atom. The molecule has 1 atom stereocenters. The van der Waals surface area contributed by atoms with Gasteiger partial charge in [-0.2, -0.15) is 8.78 Å². The van der Waals surface area contributed by atoms with Gasteiger partial charge in [0.15, 0.2) is 5.60 Å². The summed E-state index contributed by atoms with van der Waals surface area (Å²) in [6.45, 7) is 3.12. The number of imidazole rings is 1. The third-order valence-corrected chi connectivity index (χ3v) is 9.77. The number of nitrogens with zero attached hydrogens (tertiary/aromatic N) is 9. The Morgan fingerprint density at radius 1 is 0.717 bits per heavy atom. The van der Waals surface area contributed by atoms with Gasteiger partial charge in [0, 0.05) is 67.5 Å². The van der Waals surface area contributed by atoms with Crippen molar-refractivity contribution in [1.82, 2.24) is 34.7 Å². The summed E-state index contributed by atoms with van der Waals surface area (Å²) in [4.78, 5) is 13.3. The molecular formula is C39H33F4N9O. The third kappa shape index (κ3) is 6.57.